The summed E-state index contributed by atoms with van der Waals surface area (Å²) in [5.74, 6) is -7.70. The number of nitrogens with zero attached hydrogens (tertiary/aromatic N) is 1. The summed E-state index contributed by atoms with van der Waals surface area (Å²) in [6.45, 7) is 1.59. The SMILES string of the molecule is C[C@@H](NC(=O)CCC(F)(F)F)c1ccc2nc([C@@H](NC(=O)[C@H]3C[C@@H]3C(F)(F)F)C3CCC(F)(F)CC3)[nH]c2c1. The van der Waals surface area contributed by atoms with Crippen LogP contribution in [0.1, 0.15) is 75.3 Å². The van der Waals surface area contributed by atoms with Crippen molar-refractivity contribution in [1.29, 1.82) is 0 Å². The molecule has 14 heteroatoms. The lowest BCUT2D eigenvalue weighted by Crippen LogP contribution is -2.39. The van der Waals surface area contributed by atoms with Gasteiger partial charge in [0.15, 0.2) is 0 Å². The van der Waals surface area contributed by atoms with Crippen LogP contribution < -0.4 is 10.6 Å². The number of imidazole rings is 1. The summed E-state index contributed by atoms with van der Waals surface area (Å²) in [5, 5.41) is 5.11. The number of amides is 2. The number of hydrogen-bond donors (Lipinski definition) is 3. The summed E-state index contributed by atoms with van der Waals surface area (Å²) in [6.07, 6.45) is -12.0. The molecule has 2 aromatic rings. The van der Waals surface area contributed by atoms with E-state index in [0.29, 0.717) is 16.6 Å². The molecule has 4 atom stereocenters. The van der Waals surface area contributed by atoms with Gasteiger partial charge in [-0.2, -0.15) is 26.3 Å². The Bertz CT molecular complexity index is 1200. The maximum Gasteiger partial charge on any atom is 0.392 e. The second-order valence-corrected chi connectivity index (χ2v) is 10.5. The van der Waals surface area contributed by atoms with E-state index < -0.39 is 85.6 Å². The van der Waals surface area contributed by atoms with Gasteiger partial charge in [-0.15, -0.1) is 0 Å². The number of H-pyrrole nitrogens is 1. The van der Waals surface area contributed by atoms with Crippen molar-refractivity contribution in [2.75, 3.05) is 0 Å². The van der Waals surface area contributed by atoms with E-state index in [9.17, 15) is 44.7 Å². The molecule has 2 amide bonds. The monoisotopic (exact) mass is 568 g/mol. The number of hydrogen-bond acceptors (Lipinski definition) is 3. The van der Waals surface area contributed by atoms with Crippen LogP contribution in [-0.4, -0.2) is 40.1 Å². The molecule has 2 aliphatic rings. The van der Waals surface area contributed by atoms with Crippen LogP contribution in [0.2, 0.25) is 0 Å². The third kappa shape index (κ3) is 7.38. The standard InChI is InChI=1S/C25H28F8N4O2/c1-12(34-19(38)6-9-24(28,29)30)14-2-3-17-18(10-14)36-21(35-17)20(13-4-7-23(26,27)8-5-13)37-22(39)15-11-16(15)25(31,32)33/h2-3,10,12-13,15-16,20H,4-9,11H2,1H3,(H,34,38)(H,35,36)(H,37,39)/t12-,15+,16+,20+/m1/s1. The summed E-state index contributed by atoms with van der Waals surface area (Å²) in [5.41, 5.74) is 1.41. The van der Waals surface area contributed by atoms with Crippen LogP contribution in [0.3, 0.4) is 0 Å². The van der Waals surface area contributed by atoms with Crippen molar-refractivity contribution >= 4 is 22.8 Å². The summed E-state index contributed by atoms with van der Waals surface area (Å²) in [7, 11) is 0. The fourth-order valence-corrected chi connectivity index (χ4v) is 5.03. The van der Waals surface area contributed by atoms with E-state index in [2.05, 4.69) is 20.6 Å². The Balaban J connectivity index is 1.52. The van der Waals surface area contributed by atoms with E-state index >= 15 is 0 Å². The van der Waals surface area contributed by atoms with Gasteiger partial charge in [-0.1, -0.05) is 6.07 Å². The number of aromatic nitrogens is 2. The highest BCUT2D eigenvalue weighted by Gasteiger charge is 2.59. The number of fused-ring (bicyclic) bond motifs is 1. The molecule has 216 valence electrons. The Labute approximate surface area is 218 Å². The van der Waals surface area contributed by atoms with Crippen molar-refractivity contribution in [3.05, 3.63) is 29.6 Å². The van der Waals surface area contributed by atoms with Crippen LogP contribution in [0.15, 0.2) is 18.2 Å². The van der Waals surface area contributed by atoms with Gasteiger partial charge in [-0.25, -0.2) is 13.8 Å². The maximum atomic E-state index is 13.8. The molecule has 0 radical (unpaired) electrons. The van der Waals surface area contributed by atoms with Gasteiger partial charge in [0, 0.05) is 19.3 Å². The lowest BCUT2D eigenvalue weighted by atomic mass is 9.81. The van der Waals surface area contributed by atoms with Crippen molar-refractivity contribution in [2.45, 2.75) is 82.2 Å². The maximum absolute atomic E-state index is 13.8. The Morgan fingerprint density at radius 3 is 2.36 bits per heavy atom. The first-order valence-electron chi connectivity index (χ1n) is 12.6. The number of benzene rings is 1. The van der Waals surface area contributed by atoms with Crippen molar-refractivity contribution < 1.29 is 44.7 Å². The molecule has 2 aliphatic carbocycles. The molecule has 0 saturated heterocycles. The zero-order valence-corrected chi connectivity index (χ0v) is 20.9. The molecule has 4 rings (SSSR count). The van der Waals surface area contributed by atoms with Gasteiger partial charge in [0.1, 0.15) is 5.82 Å². The molecule has 3 N–H and O–H groups in total. The number of carbonyl (C=O) groups excluding carboxylic acids is 2. The molecule has 6 nitrogen and oxygen atoms in total. The zero-order valence-electron chi connectivity index (χ0n) is 20.9. The molecule has 0 unspecified atom stereocenters. The molecular formula is C25H28F8N4O2. The third-order valence-corrected chi connectivity index (χ3v) is 7.41. The normalized spacial score (nSPS) is 23.3. The molecule has 0 bridgehead atoms. The van der Waals surface area contributed by atoms with Gasteiger partial charge in [-0.3, -0.25) is 9.59 Å². The van der Waals surface area contributed by atoms with Gasteiger partial charge < -0.3 is 15.6 Å². The number of aromatic amines is 1. The predicted molar refractivity (Wildman–Crippen MR) is 123 cm³/mol. The lowest BCUT2D eigenvalue weighted by Gasteiger charge is -2.33. The number of alkyl halides is 8. The fraction of sp³-hybridized carbons (Fsp3) is 0.640. The molecule has 0 aliphatic heterocycles. The lowest BCUT2D eigenvalue weighted by molar-refractivity contribution is -0.155. The largest absolute Gasteiger partial charge is 0.392 e. The topological polar surface area (TPSA) is 86.9 Å². The van der Waals surface area contributed by atoms with E-state index in [0.717, 1.165) is 0 Å². The summed E-state index contributed by atoms with van der Waals surface area (Å²) in [6, 6.07) is 3.23. The summed E-state index contributed by atoms with van der Waals surface area (Å²) < 4.78 is 104. The molecule has 39 heavy (non-hydrogen) atoms. The van der Waals surface area contributed by atoms with Crippen LogP contribution in [-0.2, 0) is 9.59 Å². The average Bonchev–Trinajstić information content (AvgIpc) is 3.54. The average molecular weight is 569 g/mol. The first-order valence-corrected chi connectivity index (χ1v) is 12.6. The van der Waals surface area contributed by atoms with E-state index in [1.165, 1.54) is 0 Å². The molecule has 2 saturated carbocycles. The number of rotatable bonds is 8. The minimum absolute atomic E-state index is 0.0363. The number of nitrogens with one attached hydrogen (secondary N) is 3. The van der Waals surface area contributed by atoms with E-state index in [4.69, 9.17) is 0 Å². The Hall–Kier alpha value is -2.93. The Morgan fingerprint density at radius 1 is 1.10 bits per heavy atom. The van der Waals surface area contributed by atoms with Crippen molar-refractivity contribution in [3.63, 3.8) is 0 Å². The third-order valence-electron chi connectivity index (χ3n) is 7.41. The van der Waals surface area contributed by atoms with Crippen LogP contribution in [0.25, 0.3) is 11.0 Å². The highest BCUT2D eigenvalue weighted by atomic mass is 19.4. The van der Waals surface area contributed by atoms with E-state index in [1.807, 2.05) is 0 Å². The highest BCUT2D eigenvalue weighted by Crippen LogP contribution is 2.50. The predicted octanol–water partition coefficient (Wildman–Crippen LogP) is 6.26. The number of carbonyl (C=O) groups is 2. The Kier molecular flexibility index (Phi) is 7.87. The Morgan fingerprint density at radius 2 is 1.77 bits per heavy atom. The van der Waals surface area contributed by atoms with Gasteiger partial charge in [0.25, 0.3) is 0 Å². The molecule has 1 heterocycles. The molecule has 0 spiro atoms. The first-order chi connectivity index (χ1) is 18.0. The van der Waals surface area contributed by atoms with Gasteiger partial charge in [-0.05, 0) is 49.8 Å². The van der Waals surface area contributed by atoms with Gasteiger partial charge in [0.2, 0.25) is 17.7 Å². The second-order valence-electron chi connectivity index (χ2n) is 10.5. The highest BCUT2D eigenvalue weighted by molar-refractivity contribution is 5.82. The van der Waals surface area contributed by atoms with Crippen LogP contribution in [0, 0.1) is 17.8 Å². The quantitative estimate of drug-likeness (QED) is 0.329. The van der Waals surface area contributed by atoms with Gasteiger partial charge >= 0.3 is 12.4 Å². The molecule has 1 aromatic heterocycles. The summed E-state index contributed by atoms with van der Waals surface area (Å²) >= 11 is 0. The van der Waals surface area contributed by atoms with Crippen molar-refractivity contribution in [1.82, 2.24) is 20.6 Å². The van der Waals surface area contributed by atoms with E-state index in [-0.39, 0.29) is 25.1 Å². The van der Waals surface area contributed by atoms with Crippen LogP contribution in [0.5, 0.6) is 0 Å². The van der Waals surface area contributed by atoms with Crippen molar-refractivity contribution in [2.24, 2.45) is 17.8 Å². The van der Waals surface area contributed by atoms with Crippen LogP contribution >= 0.6 is 0 Å². The van der Waals surface area contributed by atoms with Gasteiger partial charge in [0.05, 0.1) is 41.4 Å². The minimum atomic E-state index is -4.50. The first kappa shape index (κ1) is 29.1. The minimum Gasteiger partial charge on any atom is -0.350 e. The van der Waals surface area contributed by atoms with Crippen molar-refractivity contribution in [3.8, 4) is 0 Å². The summed E-state index contributed by atoms with van der Waals surface area (Å²) in [4.78, 5) is 32.1. The molecule has 2 fully saturated rings. The fourth-order valence-electron chi connectivity index (χ4n) is 5.03. The number of halogens is 8. The molecule has 1 aromatic carbocycles. The van der Waals surface area contributed by atoms with Crippen LogP contribution in [0.4, 0.5) is 35.1 Å². The smallest absolute Gasteiger partial charge is 0.350 e. The second kappa shape index (κ2) is 10.6. The molecular weight excluding hydrogens is 540 g/mol. The zero-order chi connectivity index (χ0) is 28.8. The van der Waals surface area contributed by atoms with E-state index in [1.54, 1.807) is 25.1 Å².